The van der Waals surface area contributed by atoms with Crippen molar-refractivity contribution >= 4 is 23.5 Å². The van der Waals surface area contributed by atoms with Crippen molar-refractivity contribution in [2.75, 3.05) is 0 Å². The van der Waals surface area contributed by atoms with Crippen LogP contribution >= 0.6 is 11.6 Å². The van der Waals surface area contributed by atoms with E-state index in [9.17, 15) is 9.59 Å². The third kappa shape index (κ3) is 2.98. The molecule has 0 saturated heterocycles. The Bertz CT molecular complexity index is 605. The highest BCUT2D eigenvalue weighted by Crippen LogP contribution is 2.38. The van der Waals surface area contributed by atoms with Gasteiger partial charge in [-0.25, -0.2) is 4.79 Å². The standard InChI is InChI=1S/C17H19ClO4/c18-14-9-12-11(6-7-15(12)22-17(20)21)8-13(14)16(19)10-4-2-1-3-5-10/h8-10,15H,1-7H2,(H,20,21). The number of Topliss-reactive ketones (excluding diaryl/α,β-unsaturated/α-hetero) is 1. The van der Waals surface area contributed by atoms with Gasteiger partial charge in [0.2, 0.25) is 0 Å². The van der Waals surface area contributed by atoms with Gasteiger partial charge in [-0.15, -0.1) is 0 Å². The van der Waals surface area contributed by atoms with Crippen LogP contribution < -0.4 is 0 Å². The Morgan fingerprint density at radius 3 is 2.55 bits per heavy atom. The topological polar surface area (TPSA) is 63.6 Å². The first kappa shape index (κ1) is 15.3. The average molecular weight is 323 g/mol. The third-order valence-corrected chi connectivity index (χ3v) is 5.05. The molecule has 2 aliphatic carbocycles. The smallest absolute Gasteiger partial charge is 0.450 e. The molecule has 4 nitrogen and oxygen atoms in total. The van der Waals surface area contributed by atoms with Crippen molar-refractivity contribution in [3.05, 3.63) is 33.8 Å². The molecule has 0 spiro atoms. The van der Waals surface area contributed by atoms with Crippen molar-refractivity contribution in [2.24, 2.45) is 5.92 Å². The van der Waals surface area contributed by atoms with E-state index in [2.05, 4.69) is 0 Å². The normalized spacial score (nSPS) is 21.4. The number of benzene rings is 1. The molecule has 0 amide bonds. The molecule has 1 aromatic rings. The molecule has 1 N–H and O–H groups in total. The maximum Gasteiger partial charge on any atom is 0.506 e. The zero-order valence-corrected chi connectivity index (χ0v) is 13.1. The van der Waals surface area contributed by atoms with Crippen LogP contribution in [0.5, 0.6) is 0 Å². The maximum absolute atomic E-state index is 12.7. The summed E-state index contributed by atoms with van der Waals surface area (Å²) in [7, 11) is 0. The summed E-state index contributed by atoms with van der Waals surface area (Å²) in [4.78, 5) is 23.4. The van der Waals surface area contributed by atoms with Crippen LogP contribution in [0.1, 0.15) is 66.1 Å². The van der Waals surface area contributed by atoms with Crippen molar-refractivity contribution in [1.29, 1.82) is 0 Å². The molecule has 0 aliphatic heterocycles. The monoisotopic (exact) mass is 322 g/mol. The molecule has 22 heavy (non-hydrogen) atoms. The number of ether oxygens (including phenoxy) is 1. The molecule has 1 aromatic carbocycles. The first-order chi connectivity index (χ1) is 10.6. The highest BCUT2D eigenvalue weighted by Gasteiger charge is 2.30. The van der Waals surface area contributed by atoms with Gasteiger partial charge >= 0.3 is 6.16 Å². The SMILES string of the molecule is O=C(O)OC1CCc2cc(C(=O)C3CCCCC3)c(Cl)cc21. The zero-order chi connectivity index (χ0) is 15.7. The van der Waals surface area contributed by atoms with Crippen LogP contribution in [0.15, 0.2) is 12.1 Å². The number of hydrogen-bond acceptors (Lipinski definition) is 3. The number of carbonyl (C=O) groups excluding carboxylic acids is 1. The predicted molar refractivity (Wildman–Crippen MR) is 82.5 cm³/mol. The minimum Gasteiger partial charge on any atom is -0.450 e. The molecule has 0 heterocycles. The van der Waals surface area contributed by atoms with E-state index in [4.69, 9.17) is 21.4 Å². The Morgan fingerprint density at radius 2 is 1.86 bits per heavy atom. The largest absolute Gasteiger partial charge is 0.506 e. The minimum absolute atomic E-state index is 0.0803. The molecule has 2 aliphatic rings. The fourth-order valence-electron chi connectivity index (χ4n) is 3.61. The summed E-state index contributed by atoms with van der Waals surface area (Å²) in [6, 6.07) is 3.56. The fraction of sp³-hybridized carbons (Fsp3) is 0.529. The number of carboxylic acid groups (broad SMARTS) is 1. The van der Waals surface area contributed by atoms with Crippen LogP contribution in [0.4, 0.5) is 4.79 Å². The van der Waals surface area contributed by atoms with Crippen LogP contribution in [0.2, 0.25) is 5.02 Å². The number of hydrogen-bond donors (Lipinski definition) is 1. The number of aryl methyl sites for hydroxylation is 1. The summed E-state index contributed by atoms with van der Waals surface area (Å²) >= 11 is 6.30. The van der Waals surface area contributed by atoms with E-state index in [1.165, 1.54) is 6.42 Å². The van der Waals surface area contributed by atoms with Gasteiger partial charge in [-0.3, -0.25) is 4.79 Å². The number of carbonyl (C=O) groups is 2. The van der Waals surface area contributed by atoms with Gasteiger partial charge < -0.3 is 9.84 Å². The Kier molecular flexibility index (Phi) is 4.39. The molecular weight excluding hydrogens is 304 g/mol. The lowest BCUT2D eigenvalue weighted by Crippen LogP contribution is -2.18. The number of rotatable bonds is 3. The summed E-state index contributed by atoms with van der Waals surface area (Å²) in [5.41, 5.74) is 2.37. The molecule has 5 heteroatoms. The van der Waals surface area contributed by atoms with Gasteiger partial charge in [-0.05, 0) is 48.9 Å². The van der Waals surface area contributed by atoms with Crippen molar-refractivity contribution in [3.63, 3.8) is 0 Å². The number of ketones is 1. The second kappa shape index (κ2) is 6.29. The second-order valence-electron chi connectivity index (χ2n) is 6.14. The molecule has 1 atom stereocenters. The predicted octanol–water partition coefficient (Wildman–Crippen LogP) is 4.78. The van der Waals surface area contributed by atoms with Gasteiger partial charge in [0, 0.05) is 11.5 Å². The van der Waals surface area contributed by atoms with Crippen molar-refractivity contribution in [2.45, 2.75) is 51.0 Å². The van der Waals surface area contributed by atoms with E-state index in [0.717, 1.165) is 43.2 Å². The molecule has 118 valence electrons. The first-order valence-corrected chi connectivity index (χ1v) is 8.20. The lowest BCUT2D eigenvalue weighted by Gasteiger charge is -2.21. The van der Waals surface area contributed by atoms with Gasteiger partial charge in [-0.1, -0.05) is 30.9 Å². The average Bonchev–Trinajstić information content (AvgIpc) is 2.88. The summed E-state index contributed by atoms with van der Waals surface area (Å²) < 4.78 is 4.88. The quantitative estimate of drug-likeness (QED) is 0.642. The Hall–Kier alpha value is -1.55. The van der Waals surface area contributed by atoms with E-state index >= 15 is 0 Å². The summed E-state index contributed by atoms with van der Waals surface area (Å²) in [6.45, 7) is 0. The molecule has 1 saturated carbocycles. The Balaban J connectivity index is 1.85. The Labute approximate surface area is 134 Å². The van der Waals surface area contributed by atoms with Crippen LogP contribution in [0, 0.1) is 5.92 Å². The second-order valence-corrected chi connectivity index (χ2v) is 6.55. The lowest BCUT2D eigenvalue weighted by atomic mass is 9.83. The van der Waals surface area contributed by atoms with Crippen LogP contribution in [0.25, 0.3) is 0 Å². The Morgan fingerprint density at radius 1 is 1.14 bits per heavy atom. The van der Waals surface area contributed by atoms with E-state index in [1.54, 1.807) is 6.07 Å². The fourth-order valence-corrected chi connectivity index (χ4v) is 3.87. The van der Waals surface area contributed by atoms with Crippen LogP contribution in [-0.4, -0.2) is 17.0 Å². The molecule has 1 unspecified atom stereocenters. The highest BCUT2D eigenvalue weighted by molar-refractivity contribution is 6.34. The van der Waals surface area contributed by atoms with Gasteiger partial charge in [0.1, 0.15) is 6.10 Å². The molecular formula is C17H19ClO4. The van der Waals surface area contributed by atoms with E-state index in [-0.39, 0.29) is 11.7 Å². The minimum atomic E-state index is -1.28. The lowest BCUT2D eigenvalue weighted by molar-refractivity contribution is 0.0519. The van der Waals surface area contributed by atoms with Gasteiger partial charge in [-0.2, -0.15) is 0 Å². The third-order valence-electron chi connectivity index (χ3n) is 4.74. The molecule has 0 bridgehead atoms. The van der Waals surface area contributed by atoms with Gasteiger partial charge in [0.15, 0.2) is 5.78 Å². The van der Waals surface area contributed by atoms with Crippen molar-refractivity contribution in [3.8, 4) is 0 Å². The van der Waals surface area contributed by atoms with Crippen LogP contribution in [0.3, 0.4) is 0 Å². The van der Waals surface area contributed by atoms with E-state index < -0.39 is 12.3 Å². The molecule has 1 fully saturated rings. The zero-order valence-electron chi connectivity index (χ0n) is 12.3. The van der Waals surface area contributed by atoms with Crippen molar-refractivity contribution < 1.29 is 19.4 Å². The molecule has 0 radical (unpaired) electrons. The molecule has 3 rings (SSSR count). The van der Waals surface area contributed by atoms with E-state index in [0.29, 0.717) is 17.0 Å². The maximum atomic E-state index is 12.7. The summed E-state index contributed by atoms with van der Waals surface area (Å²) in [5, 5.41) is 9.18. The van der Waals surface area contributed by atoms with Gasteiger partial charge in [0.05, 0.1) is 5.02 Å². The van der Waals surface area contributed by atoms with Gasteiger partial charge in [0.25, 0.3) is 0 Å². The summed E-state index contributed by atoms with van der Waals surface area (Å²) in [5.74, 6) is 0.215. The van der Waals surface area contributed by atoms with Crippen molar-refractivity contribution in [1.82, 2.24) is 0 Å². The number of halogens is 1. The summed E-state index contributed by atoms with van der Waals surface area (Å²) in [6.07, 6.45) is 4.87. The van der Waals surface area contributed by atoms with Crippen LogP contribution in [-0.2, 0) is 11.2 Å². The number of fused-ring (bicyclic) bond motifs is 1. The first-order valence-electron chi connectivity index (χ1n) is 7.82. The molecule has 0 aromatic heterocycles. The van der Waals surface area contributed by atoms with E-state index in [1.807, 2.05) is 6.07 Å². The highest BCUT2D eigenvalue weighted by atomic mass is 35.5.